The molecule has 0 fully saturated rings. The summed E-state index contributed by atoms with van der Waals surface area (Å²) in [4.78, 5) is 45.6. The molecule has 0 saturated heterocycles. The maximum absolute atomic E-state index is 14.7. The molecule has 0 radical (unpaired) electrons. The lowest BCUT2D eigenvalue weighted by atomic mass is 10.1. The van der Waals surface area contributed by atoms with Gasteiger partial charge in [-0.2, -0.15) is 13.2 Å². The second kappa shape index (κ2) is 13.0. The van der Waals surface area contributed by atoms with Crippen molar-refractivity contribution in [2.45, 2.75) is 38.0 Å². The van der Waals surface area contributed by atoms with Gasteiger partial charge in [0, 0.05) is 42.6 Å². The van der Waals surface area contributed by atoms with Crippen LogP contribution in [0.25, 0.3) is 5.65 Å². The summed E-state index contributed by atoms with van der Waals surface area (Å²) < 4.78 is 70.1. The molecule has 0 saturated carbocycles. The average molecular weight is 659 g/mol. The van der Waals surface area contributed by atoms with Gasteiger partial charge in [0.05, 0.1) is 21.3 Å². The number of carboxylic acids is 1. The third-order valence-corrected chi connectivity index (χ3v) is 6.97. The van der Waals surface area contributed by atoms with E-state index in [9.17, 15) is 41.4 Å². The molecule has 0 aliphatic carbocycles. The van der Waals surface area contributed by atoms with Crippen LogP contribution in [-0.2, 0) is 11.2 Å². The molecule has 4 N–H and O–H groups in total. The summed E-state index contributed by atoms with van der Waals surface area (Å²) in [5.41, 5.74) is -1.14. The van der Waals surface area contributed by atoms with Crippen LogP contribution in [0.5, 0.6) is 0 Å². The molecule has 10 nitrogen and oxygen atoms in total. The topological polar surface area (TPSA) is 138 Å². The fourth-order valence-electron chi connectivity index (χ4n) is 4.28. The first-order valence-electron chi connectivity index (χ1n) is 12.6. The van der Waals surface area contributed by atoms with Crippen molar-refractivity contribution in [2.75, 3.05) is 10.6 Å². The minimum atomic E-state index is -4.70. The molecule has 4 aromatic rings. The highest BCUT2D eigenvalue weighted by Crippen LogP contribution is 2.28. The number of carboxylic acid groups (broad SMARTS) is 1. The first-order chi connectivity index (χ1) is 20.7. The molecule has 0 bridgehead atoms. The van der Waals surface area contributed by atoms with Crippen molar-refractivity contribution in [3.63, 3.8) is 0 Å². The van der Waals surface area contributed by atoms with Gasteiger partial charge in [-0.3, -0.25) is 14.6 Å². The van der Waals surface area contributed by atoms with Crippen molar-refractivity contribution in [2.24, 2.45) is 0 Å². The number of aliphatic carboxylic acids is 1. The summed E-state index contributed by atoms with van der Waals surface area (Å²) in [7, 11) is 0. The van der Waals surface area contributed by atoms with Crippen LogP contribution in [0.1, 0.15) is 39.8 Å². The largest absolute Gasteiger partial charge is 0.480 e. The number of hydrogen-bond donors (Lipinski definition) is 4. The van der Waals surface area contributed by atoms with E-state index in [-0.39, 0.29) is 32.6 Å². The van der Waals surface area contributed by atoms with Gasteiger partial charge in [0.15, 0.2) is 5.65 Å². The highest BCUT2D eigenvalue weighted by atomic mass is 35.5. The minimum absolute atomic E-state index is 0.00346. The molecule has 44 heavy (non-hydrogen) atoms. The minimum Gasteiger partial charge on any atom is -0.480 e. The van der Waals surface area contributed by atoms with E-state index in [1.165, 1.54) is 48.2 Å². The summed E-state index contributed by atoms with van der Waals surface area (Å²) in [6, 6.07) is 0.0499. The third-order valence-electron chi connectivity index (χ3n) is 6.39. The Morgan fingerprint density at radius 3 is 2.23 bits per heavy atom. The zero-order valence-corrected chi connectivity index (χ0v) is 23.9. The second-order valence-electron chi connectivity index (χ2n) is 9.32. The molecule has 0 spiro atoms. The number of nitrogens with zero attached hydrogens (tertiary/aromatic N) is 3. The fraction of sp³-hybridized carbons (Fsp3) is 0.222. The lowest BCUT2D eigenvalue weighted by Crippen LogP contribution is -2.43. The van der Waals surface area contributed by atoms with Crippen molar-refractivity contribution < 1.29 is 41.4 Å². The van der Waals surface area contributed by atoms with Gasteiger partial charge in [-0.05, 0) is 30.7 Å². The SMILES string of the molecule is CCC(Nc1cc(F)c(C(=O)NC(Cc2ccc(NC(=O)c3c(Cl)cncc3Cl)c3nccn23)C(=O)O)c(F)c1)C(F)(F)F. The van der Waals surface area contributed by atoms with Crippen LogP contribution < -0.4 is 16.0 Å². The van der Waals surface area contributed by atoms with Crippen LogP contribution in [0.15, 0.2) is 49.1 Å². The number of carbonyl (C=O) groups is 3. The zero-order valence-electron chi connectivity index (χ0n) is 22.3. The molecule has 3 heterocycles. The van der Waals surface area contributed by atoms with Crippen LogP contribution in [0.2, 0.25) is 10.0 Å². The monoisotopic (exact) mass is 658 g/mol. The Bertz CT molecular complexity index is 1710. The number of imidazole rings is 1. The predicted molar refractivity (Wildman–Crippen MR) is 150 cm³/mol. The Kier molecular flexibility index (Phi) is 9.59. The number of carbonyl (C=O) groups excluding carboxylic acids is 2. The molecule has 0 aliphatic rings. The molecule has 3 aromatic heterocycles. The first-order valence-corrected chi connectivity index (χ1v) is 13.4. The summed E-state index contributed by atoms with van der Waals surface area (Å²) in [6.07, 6.45) is -0.263. The zero-order chi connectivity index (χ0) is 32.3. The van der Waals surface area contributed by atoms with E-state index >= 15 is 0 Å². The maximum atomic E-state index is 14.7. The quantitative estimate of drug-likeness (QED) is 0.159. The third kappa shape index (κ3) is 7.00. The lowest BCUT2D eigenvalue weighted by Gasteiger charge is -2.22. The Labute approximate surface area is 255 Å². The molecule has 17 heteroatoms. The number of amides is 2. The molecule has 0 aliphatic heterocycles. The molecule has 2 unspecified atom stereocenters. The van der Waals surface area contributed by atoms with Gasteiger partial charge < -0.3 is 25.5 Å². The van der Waals surface area contributed by atoms with Crippen molar-refractivity contribution in [3.8, 4) is 0 Å². The number of fused-ring (bicyclic) bond motifs is 1. The van der Waals surface area contributed by atoms with Crippen molar-refractivity contribution in [1.82, 2.24) is 19.7 Å². The normalized spacial score (nSPS) is 12.9. The van der Waals surface area contributed by atoms with Crippen molar-refractivity contribution >= 4 is 58.0 Å². The Morgan fingerprint density at radius 1 is 1.02 bits per heavy atom. The van der Waals surface area contributed by atoms with Crippen LogP contribution in [-0.4, -0.2) is 55.5 Å². The average Bonchev–Trinajstić information content (AvgIpc) is 3.42. The molecule has 232 valence electrons. The highest BCUT2D eigenvalue weighted by molar-refractivity contribution is 6.40. The number of hydrogen-bond acceptors (Lipinski definition) is 6. The Balaban J connectivity index is 1.55. The number of anilines is 2. The van der Waals surface area contributed by atoms with Crippen LogP contribution in [0.4, 0.5) is 33.3 Å². The van der Waals surface area contributed by atoms with Gasteiger partial charge in [0.25, 0.3) is 11.8 Å². The van der Waals surface area contributed by atoms with Gasteiger partial charge in [-0.15, -0.1) is 0 Å². The summed E-state index contributed by atoms with van der Waals surface area (Å²) in [5.74, 6) is -6.68. The van der Waals surface area contributed by atoms with E-state index < -0.39 is 71.8 Å². The number of benzene rings is 1. The molecule has 2 amide bonds. The van der Waals surface area contributed by atoms with E-state index in [0.29, 0.717) is 12.1 Å². The van der Waals surface area contributed by atoms with E-state index in [1.54, 1.807) is 0 Å². The van der Waals surface area contributed by atoms with Gasteiger partial charge in [-0.1, -0.05) is 30.1 Å². The number of pyridine rings is 2. The summed E-state index contributed by atoms with van der Waals surface area (Å²) in [5, 5.41) is 16.4. The number of rotatable bonds is 10. The molecular formula is C27H21Cl2F5N6O4. The standard InChI is InChI=1S/C27H21Cl2F5N6O4/c1-2-20(27(32,33)34)37-12-7-16(30)22(17(31)8-12)25(42)39-19(26(43)44)9-13-3-4-18(23-36-5-6-40(13)23)38-24(41)21-14(28)10-35-11-15(21)29/h3-8,10-11,19-20,37H,2,9H2,1H3,(H,38,41)(H,39,42)(H,43,44). The number of alkyl halides is 3. The smallest absolute Gasteiger partial charge is 0.408 e. The molecule has 4 rings (SSSR count). The molecular weight excluding hydrogens is 638 g/mol. The summed E-state index contributed by atoms with van der Waals surface area (Å²) in [6.45, 7) is 1.22. The fourth-order valence-corrected chi connectivity index (χ4v) is 4.81. The van der Waals surface area contributed by atoms with E-state index in [1.807, 2.05) is 10.6 Å². The Hall–Kier alpha value is -4.50. The number of halogens is 7. The highest BCUT2D eigenvalue weighted by Gasteiger charge is 2.38. The van der Waals surface area contributed by atoms with E-state index in [0.717, 1.165) is 0 Å². The van der Waals surface area contributed by atoms with Gasteiger partial charge in [0.1, 0.15) is 29.3 Å². The van der Waals surface area contributed by atoms with Gasteiger partial charge in [0.2, 0.25) is 0 Å². The van der Waals surface area contributed by atoms with Crippen molar-refractivity contribution in [1.29, 1.82) is 0 Å². The lowest BCUT2D eigenvalue weighted by molar-refractivity contribution is -0.143. The maximum Gasteiger partial charge on any atom is 0.408 e. The van der Waals surface area contributed by atoms with E-state index in [4.69, 9.17) is 23.2 Å². The Morgan fingerprint density at radius 2 is 1.66 bits per heavy atom. The predicted octanol–water partition coefficient (Wildman–Crippen LogP) is 5.75. The summed E-state index contributed by atoms with van der Waals surface area (Å²) >= 11 is 12.1. The van der Waals surface area contributed by atoms with E-state index in [2.05, 4.69) is 15.3 Å². The second-order valence-corrected chi connectivity index (χ2v) is 10.1. The van der Waals surface area contributed by atoms with Gasteiger partial charge in [-0.25, -0.2) is 18.6 Å². The molecule has 1 aromatic carbocycles. The van der Waals surface area contributed by atoms with Crippen LogP contribution in [0, 0.1) is 11.6 Å². The van der Waals surface area contributed by atoms with Gasteiger partial charge >= 0.3 is 12.1 Å². The first kappa shape index (κ1) is 32.4. The number of aromatic nitrogens is 3. The molecule has 2 atom stereocenters. The van der Waals surface area contributed by atoms with Crippen LogP contribution >= 0.6 is 23.2 Å². The van der Waals surface area contributed by atoms with Crippen LogP contribution in [0.3, 0.4) is 0 Å². The van der Waals surface area contributed by atoms with Crippen molar-refractivity contribution in [3.05, 3.63) is 87.6 Å². The number of nitrogens with one attached hydrogen (secondary N) is 3.